The monoisotopic (exact) mass is 399 g/mol. The predicted molar refractivity (Wildman–Crippen MR) is 116 cm³/mol. The van der Waals surface area contributed by atoms with Crippen LogP contribution in [-0.4, -0.2) is 28.3 Å². The van der Waals surface area contributed by atoms with Crippen molar-refractivity contribution in [2.45, 2.75) is 83.6 Å². The van der Waals surface area contributed by atoms with E-state index in [-0.39, 0.29) is 11.9 Å². The number of rotatable bonds is 7. The summed E-state index contributed by atoms with van der Waals surface area (Å²) in [5, 5.41) is 7.56. The third-order valence-corrected chi connectivity index (χ3v) is 7.58. The summed E-state index contributed by atoms with van der Waals surface area (Å²) < 4.78 is 7.71. The van der Waals surface area contributed by atoms with E-state index < -0.39 is 0 Å². The van der Waals surface area contributed by atoms with E-state index in [1.807, 2.05) is 0 Å². The van der Waals surface area contributed by atoms with Crippen molar-refractivity contribution in [2.24, 2.45) is 23.7 Å². The first kappa shape index (κ1) is 20.5. The molecule has 1 amide bonds. The van der Waals surface area contributed by atoms with E-state index in [0.29, 0.717) is 29.9 Å². The van der Waals surface area contributed by atoms with E-state index in [1.165, 1.54) is 70.6 Å². The number of hydrogen-bond donors (Lipinski definition) is 1. The summed E-state index contributed by atoms with van der Waals surface area (Å²) in [6.45, 7) is 6.64. The molecule has 3 saturated carbocycles. The Hall–Kier alpha value is -1.78. The molecule has 4 rings (SSSR count). The van der Waals surface area contributed by atoms with Gasteiger partial charge in [-0.3, -0.25) is 4.79 Å². The van der Waals surface area contributed by atoms with Crippen molar-refractivity contribution in [2.75, 3.05) is 6.61 Å². The number of nitrogens with one attached hydrogen (secondary N) is 1. The van der Waals surface area contributed by atoms with Crippen molar-refractivity contribution in [3.05, 3.63) is 18.3 Å². The van der Waals surface area contributed by atoms with Gasteiger partial charge in [-0.1, -0.05) is 45.1 Å². The largest absolute Gasteiger partial charge is 0.477 e. The molecule has 3 atom stereocenters. The lowest BCUT2D eigenvalue weighted by Gasteiger charge is -2.41. The molecule has 160 valence electrons. The van der Waals surface area contributed by atoms with Crippen LogP contribution in [0.2, 0.25) is 0 Å². The molecule has 2 bridgehead atoms. The van der Waals surface area contributed by atoms with Gasteiger partial charge in [0.1, 0.15) is 5.56 Å². The molecule has 3 unspecified atom stereocenters. The van der Waals surface area contributed by atoms with E-state index in [2.05, 4.69) is 23.9 Å². The van der Waals surface area contributed by atoms with Gasteiger partial charge in [0.2, 0.25) is 5.88 Å². The molecule has 3 fully saturated rings. The zero-order chi connectivity index (χ0) is 20.2. The molecule has 5 nitrogen and oxygen atoms in total. The summed E-state index contributed by atoms with van der Waals surface area (Å²) in [6, 6.07) is 0.184. The summed E-state index contributed by atoms with van der Waals surface area (Å²) in [6.07, 6.45) is 17.6. The van der Waals surface area contributed by atoms with Crippen LogP contribution in [0.3, 0.4) is 0 Å². The number of ether oxygens (including phenoxy) is 1. The summed E-state index contributed by atoms with van der Waals surface area (Å²) >= 11 is 0. The van der Waals surface area contributed by atoms with Crippen LogP contribution in [0.1, 0.15) is 87.9 Å². The summed E-state index contributed by atoms with van der Waals surface area (Å²) in [5.74, 6) is 3.36. The molecule has 0 aromatic carbocycles. The van der Waals surface area contributed by atoms with E-state index in [9.17, 15) is 4.79 Å². The lowest BCUT2D eigenvalue weighted by atomic mass is 9.66. The van der Waals surface area contributed by atoms with Crippen LogP contribution in [-0.2, 0) is 0 Å². The van der Waals surface area contributed by atoms with Crippen LogP contribution in [0.25, 0.3) is 6.20 Å². The van der Waals surface area contributed by atoms with Crippen LogP contribution < -0.4 is 10.1 Å². The highest BCUT2D eigenvalue weighted by molar-refractivity contribution is 5.96. The molecule has 29 heavy (non-hydrogen) atoms. The number of amides is 1. The number of nitrogens with zero attached hydrogens (tertiary/aromatic N) is 2. The molecular weight excluding hydrogens is 362 g/mol. The van der Waals surface area contributed by atoms with Crippen molar-refractivity contribution >= 4 is 12.1 Å². The minimum atomic E-state index is -0.0695. The van der Waals surface area contributed by atoms with Crippen LogP contribution >= 0.6 is 0 Å². The van der Waals surface area contributed by atoms with Gasteiger partial charge in [-0.25, -0.2) is 4.68 Å². The number of carbonyl (C=O) groups is 1. The Morgan fingerprint density at radius 3 is 2.62 bits per heavy atom. The Bertz CT molecular complexity index is 695. The van der Waals surface area contributed by atoms with E-state index in [1.54, 1.807) is 17.1 Å². The Balaban J connectivity index is 1.38. The second-order valence-electron chi connectivity index (χ2n) is 9.70. The zero-order valence-corrected chi connectivity index (χ0v) is 17.9. The fourth-order valence-electron chi connectivity index (χ4n) is 5.92. The summed E-state index contributed by atoms with van der Waals surface area (Å²) in [4.78, 5) is 13.1. The molecule has 1 aromatic rings. The third-order valence-electron chi connectivity index (χ3n) is 7.58. The molecule has 5 heteroatoms. The van der Waals surface area contributed by atoms with Gasteiger partial charge in [0.25, 0.3) is 5.91 Å². The minimum absolute atomic E-state index is 0.0695. The average molecular weight is 400 g/mol. The number of aromatic nitrogens is 2. The van der Waals surface area contributed by atoms with Crippen molar-refractivity contribution in [3.63, 3.8) is 0 Å². The average Bonchev–Trinajstić information content (AvgIpc) is 3.15. The molecule has 1 aromatic heterocycles. The van der Waals surface area contributed by atoms with Gasteiger partial charge in [0.05, 0.1) is 12.8 Å². The molecule has 0 aliphatic heterocycles. The number of fused-ring (bicyclic) bond motifs is 2. The van der Waals surface area contributed by atoms with Gasteiger partial charge >= 0.3 is 0 Å². The quantitative estimate of drug-likeness (QED) is 0.679. The second-order valence-corrected chi connectivity index (χ2v) is 9.70. The first-order chi connectivity index (χ1) is 14.1. The molecule has 3 aliphatic carbocycles. The summed E-state index contributed by atoms with van der Waals surface area (Å²) in [7, 11) is 0. The van der Waals surface area contributed by atoms with Crippen LogP contribution in [0.4, 0.5) is 0 Å². The fraction of sp³-hybridized carbons (Fsp3) is 0.750. The lowest BCUT2D eigenvalue weighted by Crippen LogP contribution is -2.42. The second kappa shape index (κ2) is 9.36. The van der Waals surface area contributed by atoms with E-state index >= 15 is 0 Å². The maximum atomic E-state index is 13.1. The normalized spacial score (nSPS) is 28.5. The maximum absolute atomic E-state index is 13.1. The molecule has 0 spiro atoms. The van der Waals surface area contributed by atoms with Crippen LogP contribution in [0.5, 0.6) is 5.88 Å². The molecule has 3 aliphatic rings. The van der Waals surface area contributed by atoms with E-state index in [0.717, 1.165) is 11.8 Å². The fourth-order valence-corrected chi connectivity index (χ4v) is 5.92. The van der Waals surface area contributed by atoms with Crippen LogP contribution in [0, 0.1) is 23.7 Å². The molecular formula is C24H37N3O2. The van der Waals surface area contributed by atoms with Gasteiger partial charge in [-0.15, -0.1) is 0 Å². The van der Waals surface area contributed by atoms with Crippen LogP contribution in [0.15, 0.2) is 12.8 Å². The Morgan fingerprint density at radius 2 is 1.93 bits per heavy atom. The van der Waals surface area contributed by atoms with Crippen molar-refractivity contribution < 1.29 is 9.53 Å². The Morgan fingerprint density at radius 1 is 1.21 bits per heavy atom. The molecule has 0 saturated heterocycles. The maximum Gasteiger partial charge on any atom is 0.258 e. The lowest BCUT2D eigenvalue weighted by molar-refractivity contribution is 0.0849. The highest BCUT2D eigenvalue weighted by Crippen LogP contribution is 2.43. The first-order valence-corrected chi connectivity index (χ1v) is 11.8. The van der Waals surface area contributed by atoms with Gasteiger partial charge in [-0.05, 0) is 62.7 Å². The molecule has 0 radical (unpaired) electrons. The van der Waals surface area contributed by atoms with E-state index in [4.69, 9.17) is 4.74 Å². The number of carbonyl (C=O) groups excluding carboxylic acids is 1. The standard InChI is InChI=1S/C24H37N3O2/c1-3-27-24(29-16-18-8-5-4-6-9-18)22(15-25-27)23(28)26-17(2)21-13-19-10-7-11-20(12-19)14-21/h3,15,17-21H,1,4-14,16H2,2H3,(H,26,28). The van der Waals surface area contributed by atoms with Crippen molar-refractivity contribution in [1.82, 2.24) is 15.1 Å². The van der Waals surface area contributed by atoms with Gasteiger partial charge in [0, 0.05) is 12.2 Å². The minimum Gasteiger partial charge on any atom is -0.477 e. The summed E-state index contributed by atoms with van der Waals surface area (Å²) in [5.41, 5.74) is 0.531. The molecule has 1 N–H and O–H groups in total. The molecule has 1 heterocycles. The van der Waals surface area contributed by atoms with Gasteiger partial charge < -0.3 is 10.1 Å². The number of hydrogen-bond acceptors (Lipinski definition) is 3. The SMILES string of the molecule is C=Cn1ncc(C(=O)NC(C)C2CC3CCCC(C3)C2)c1OCC1CCCCC1. The first-order valence-electron chi connectivity index (χ1n) is 11.8. The Labute approximate surface area is 175 Å². The van der Waals surface area contributed by atoms with Gasteiger partial charge in [-0.2, -0.15) is 5.10 Å². The third kappa shape index (κ3) is 4.87. The van der Waals surface area contributed by atoms with Crippen molar-refractivity contribution in [1.29, 1.82) is 0 Å². The topological polar surface area (TPSA) is 56.2 Å². The smallest absolute Gasteiger partial charge is 0.258 e. The zero-order valence-electron chi connectivity index (χ0n) is 17.9. The van der Waals surface area contributed by atoms with Gasteiger partial charge in [0.15, 0.2) is 0 Å². The highest BCUT2D eigenvalue weighted by Gasteiger charge is 2.35. The Kier molecular flexibility index (Phi) is 6.61. The predicted octanol–water partition coefficient (Wildman–Crippen LogP) is 5.28. The van der Waals surface area contributed by atoms with Crippen molar-refractivity contribution in [3.8, 4) is 5.88 Å². The highest BCUT2D eigenvalue weighted by atomic mass is 16.5.